The number of hydrogen-bond donors (Lipinski definition) is 4. The van der Waals surface area contributed by atoms with Gasteiger partial charge in [-0.05, 0) is 43.9 Å². The Morgan fingerprint density at radius 2 is 0.483 bits per heavy atom. The fraction of sp³-hybridized carbons (Fsp3) is 0.308. The topological polar surface area (TPSA) is 120 Å². The molecule has 0 aliphatic heterocycles. The fourth-order valence-electron chi connectivity index (χ4n) is 6.47. The van der Waals surface area contributed by atoms with Crippen molar-refractivity contribution in [2.45, 2.75) is 105 Å². The number of nitrogens with one attached hydrogen (secondary N) is 4. The van der Waals surface area contributed by atoms with Gasteiger partial charge in [0.25, 0.3) is 0 Å². The van der Waals surface area contributed by atoms with E-state index in [9.17, 15) is 10.8 Å². The minimum atomic E-state index is -0.0338. The highest BCUT2D eigenvalue weighted by atomic mass is 14.9. The molecule has 0 atom stereocenters. The van der Waals surface area contributed by atoms with Gasteiger partial charge in [0.1, 0.15) is 0 Å². The van der Waals surface area contributed by atoms with Crippen molar-refractivity contribution in [3.63, 3.8) is 0 Å². The third-order valence-electron chi connectivity index (χ3n) is 10.5. The second-order valence-electron chi connectivity index (χ2n) is 19.3. The third kappa shape index (κ3) is 10.3. The summed E-state index contributed by atoms with van der Waals surface area (Å²) >= 11 is 0. The predicted molar refractivity (Wildman–Crippen MR) is 247 cm³/mol. The van der Waals surface area contributed by atoms with Gasteiger partial charge >= 0.3 is 0 Å². The van der Waals surface area contributed by atoms with E-state index in [0.717, 1.165) is 22.3 Å². The van der Waals surface area contributed by atoms with Gasteiger partial charge in [-0.3, -0.25) is 21.6 Å². The van der Waals surface area contributed by atoms with E-state index in [1.165, 1.54) is 22.3 Å². The van der Waals surface area contributed by atoms with Crippen molar-refractivity contribution in [2.75, 3.05) is 0 Å². The summed E-state index contributed by atoms with van der Waals surface area (Å²) in [7, 11) is 0. The van der Waals surface area contributed by atoms with Gasteiger partial charge in [0.15, 0.2) is 11.7 Å². The lowest BCUT2D eigenvalue weighted by Gasteiger charge is -2.20. The highest BCUT2D eigenvalue weighted by molar-refractivity contribution is 6.54. The van der Waals surface area contributed by atoms with Gasteiger partial charge in [-0.1, -0.05) is 204 Å². The lowest BCUT2D eigenvalue weighted by atomic mass is 9.85. The second kappa shape index (κ2) is 16.5. The van der Waals surface area contributed by atoms with Crippen LogP contribution in [-0.2, 0) is 21.7 Å². The molecule has 0 bridgehead atoms. The van der Waals surface area contributed by atoms with Crippen LogP contribution in [0.1, 0.15) is 139 Å². The quantitative estimate of drug-likeness (QED) is 0.0888. The zero-order valence-corrected chi connectivity index (χ0v) is 36.4. The number of benzene rings is 5. The molecule has 6 nitrogen and oxygen atoms in total. The lowest BCUT2D eigenvalue weighted by Crippen LogP contribution is -2.20. The normalized spacial score (nSPS) is 13.0. The van der Waals surface area contributed by atoms with Gasteiger partial charge in [-0.15, -0.1) is 0 Å². The summed E-state index contributed by atoms with van der Waals surface area (Å²) in [4.78, 5) is 9.57. The zero-order chi connectivity index (χ0) is 42.8. The van der Waals surface area contributed by atoms with E-state index >= 15 is 0 Å². The molecule has 58 heavy (non-hydrogen) atoms. The molecule has 0 amide bonds. The van der Waals surface area contributed by atoms with E-state index in [1.54, 1.807) is 24.3 Å². The number of nitrogens with zero attached hydrogens (tertiary/aromatic N) is 2. The summed E-state index contributed by atoms with van der Waals surface area (Å²) < 4.78 is 0. The molecule has 0 saturated heterocycles. The van der Waals surface area contributed by atoms with E-state index in [0.29, 0.717) is 22.6 Å². The van der Waals surface area contributed by atoms with Crippen molar-refractivity contribution in [1.29, 1.82) is 21.6 Å². The molecule has 5 aromatic rings. The zero-order valence-electron chi connectivity index (χ0n) is 36.4. The van der Waals surface area contributed by atoms with E-state index in [-0.39, 0.29) is 44.8 Å². The van der Waals surface area contributed by atoms with Crippen LogP contribution in [0.5, 0.6) is 0 Å². The summed E-state index contributed by atoms with van der Waals surface area (Å²) in [5.41, 5.74) is 9.94. The van der Waals surface area contributed by atoms with Crippen LogP contribution in [0.2, 0.25) is 0 Å². The molecular weight excluding hydrogens is 709 g/mol. The van der Waals surface area contributed by atoms with Gasteiger partial charge in [-0.25, -0.2) is 9.98 Å². The maximum atomic E-state index is 9.30. The average Bonchev–Trinajstić information content (AvgIpc) is 3.17. The summed E-state index contributed by atoms with van der Waals surface area (Å²) in [5.74, 6) is 0.0142. The molecule has 0 spiro atoms. The van der Waals surface area contributed by atoms with Crippen molar-refractivity contribution in [2.24, 2.45) is 9.98 Å². The predicted octanol–water partition coefficient (Wildman–Crippen LogP) is 12.6. The molecule has 5 aromatic carbocycles. The van der Waals surface area contributed by atoms with Crippen LogP contribution >= 0.6 is 0 Å². The Balaban J connectivity index is 1.49. The molecule has 0 aliphatic rings. The number of hydrogen-bond acceptors (Lipinski definition) is 4. The number of rotatable bonds is 8. The molecule has 6 heteroatoms. The highest BCUT2D eigenvalue weighted by Crippen LogP contribution is 2.27. The molecule has 0 radical (unpaired) electrons. The van der Waals surface area contributed by atoms with Gasteiger partial charge in [0, 0.05) is 33.4 Å². The Morgan fingerprint density at radius 3 is 0.690 bits per heavy atom. The van der Waals surface area contributed by atoms with Gasteiger partial charge in [0.2, 0.25) is 0 Å². The van der Waals surface area contributed by atoms with Gasteiger partial charge in [0.05, 0.1) is 22.8 Å². The molecule has 0 unspecified atom stereocenters. The Kier molecular flexibility index (Phi) is 12.3. The van der Waals surface area contributed by atoms with E-state index in [4.69, 9.17) is 20.8 Å². The van der Waals surface area contributed by atoms with Crippen LogP contribution in [0.25, 0.3) is 0 Å². The lowest BCUT2D eigenvalue weighted by molar-refractivity contribution is 0.590. The third-order valence-corrected chi connectivity index (χ3v) is 10.5. The standard InChI is InChI=1S/C52H60N6/c1-49(2,3)39-25-17-33(18-26-39)43(53)45(35-21-29-41(30-22-35)51(7,8)9)57-47(55)37-13-15-38(16-14-37)48(56)58-46(36-23-31-42(32-24-36)52(10,11)12)44(54)34-19-27-40(28-20-34)50(4,5)6/h13-32,53-56H,1-12H3. The molecule has 0 saturated carbocycles. The smallest absolute Gasteiger partial charge is 0.152 e. The Labute approximate surface area is 346 Å². The maximum absolute atomic E-state index is 9.30. The van der Waals surface area contributed by atoms with Crippen LogP contribution in [0.3, 0.4) is 0 Å². The molecule has 0 fully saturated rings. The first kappa shape index (κ1) is 43.2. The van der Waals surface area contributed by atoms with E-state index in [1.807, 2.05) is 48.5 Å². The van der Waals surface area contributed by atoms with Crippen molar-refractivity contribution in [3.05, 3.63) is 177 Å². The summed E-state index contributed by atoms with van der Waals surface area (Å²) in [6.45, 7) is 26.0. The minimum absolute atomic E-state index is 0.00708. The SMILES string of the molecule is CC(C)(C)c1ccc(C(=N)C(=NC(=N)c2ccc(C(=N)N=C(C(=N)c3ccc(C(C)(C)C)cc3)c3ccc(C(C)(C)C)cc3)cc2)c2ccc(C(C)(C)C)cc2)cc1. The van der Waals surface area contributed by atoms with Crippen LogP contribution in [0, 0.1) is 21.6 Å². The first-order valence-electron chi connectivity index (χ1n) is 20.0. The first-order valence-corrected chi connectivity index (χ1v) is 20.0. The number of aliphatic imine (C=N–C) groups is 2. The second-order valence-corrected chi connectivity index (χ2v) is 19.3. The summed E-state index contributed by atoms with van der Waals surface area (Å²) in [6.07, 6.45) is 0. The largest absolute Gasteiger partial charge is 0.298 e. The fourth-order valence-corrected chi connectivity index (χ4v) is 6.47. The molecule has 0 heterocycles. The Hall–Kier alpha value is -5.88. The highest BCUT2D eigenvalue weighted by Gasteiger charge is 2.21. The Morgan fingerprint density at radius 1 is 0.293 bits per heavy atom. The van der Waals surface area contributed by atoms with E-state index < -0.39 is 0 Å². The van der Waals surface area contributed by atoms with Crippen LogP contribution in [0.4, 0.5) is 0 Å². The van der Waals surface area contributed by atoms with Crippen LogP contribution in [-0.4, -0.2) is 34.5 Å². The van der Waals surface area contributed by atoms with Crippen LogP contribution < -0.4 is 0 Å². The van der Waals surface area contributed by atoms with Gasteiger partial charge < -0.3 is 0 Å². The van der Waals surface area contributed by atoms with E-state index in [2.05, 4.69) is 132 Å². The number of amidine groups is 2. The van der Waals surface area contributed by atoms with Crippen molar-refractivity contribution in [3.8, 4) is 0 Å². The summed E-state index contributed by atoms with van der Waals surface area (Å²) in [5, 5.41) is 36.8. The molecule has 0 aliphatic carbocycles. The molecule has 5 rings (SSSR count). The van der Waals surface area contributed by atoms with Crippen molar-refractivity contribution < 1.29 is 0 Å². The maximum Gasteiger partial charge on any atom is 0.152 e. The molecule has 0 aromatic heterocycles. The van der Waals surface area contributed by atoms with Crippen molar-refractivity contribution >= 4 is 34.5 Å². The molecule has 4 N–H and O–H groups in total. The van der Waals surface area contributed by atoms with Crippen molar-refractivity contribution in [1.82, 2.24) is 0 Å². The van der Waals surface area contributed by atoms with Crippen LogP contribution in [0.15, 0.2) is 131 Å². The Bertz CT molecular complexity index is 2190. The summed E-state index contributed by atoms with van der Waals surface area (Å²) in [6, 6.07) is 39.3. The first-order chi connectivity index (χ1) is 26.9. The molecule has 298 valence electrons. The molecular formula is C52H60N6. The minimum Gasteiger partial charge on any atom is -0.298 e. The van der Waals surface area contributed by atoms with Gasteiger partial charge in [-0.2, -0.15) is 0 Å². The monoisotopic (exact) mass is 768 g/mol. The average molecular weight is 769 g/mol.